The molecular formula is C21H14N2O5S2. The van der Waals surface area contributed by atoms with E-state index in [1.807, 2.05) is 12.1 Å². The van der Waals surface area contributed by atoms with Crippen LogP contribution < -0.4 is 9.64 Å². The highest BCUT2D eigenvalue weighted by atomic mass is 32.2. The van der Waals surface area contributed by atoms with Gasteiger partial charge in [-0.2, -0.15) is 0 Å². The summed E-state index contributed by atoms with van der Waals surface area (Å²) in [4.78, 5) is 25.2. The van der Waals surface area contributed by atoms with Gasteiger partial charge in [-0.25, -0.2) is 0 Å². The van der Waals surface area contributed by atoms with Crippen LogP contribution in [0.2, 0.25) is 0 Å². The third kappa shape index (κ3) is 3.72. The van der Waals surface area contributed by atoms with E-state index >= 15 is 0 Å². The van der Waals surface area contributed by atoms with E-state index in [1.165, 1.54) is 35.9 Å². The molecule has 150 valence electrons. The van der Waals surface area contributed by atoms with Crippen molar-refractivity contribution in [3.05, 3.63) is 81.4 Å². The molecule has 0 atom stereocenters. The van der Waals surface area contributed by atoms with E-state index in [-0.39, 0.29) is 11.6 Å². The number of carbonyl (C=O) groups excluding carboxylic acids is 1. The lowest BCUT2D eigenvalue weighted by atomic mass is 10.1. The fraction of sp³-hybridized carbons (Fsp3) is 0.0476. The molecule has 9 heteroatoms. The lowest BCUT2D eigenvalue weighted by Gasteiger charge is -2.17. The molecule has 1 saturated heterocycles. The lowest BCUT2D eigenvalue weighted by Crippen LogP contribution is -2.27. The van der Waals surface area contributed by atoms with Crippen molar-refractivity contribution in [2.45, 2.75) is 0 Å². The summed E-state index contributed by atoms with van der Waals surface area (Å²) >= 11 is 6.58. The molecule has 1 fully saturated rings. The number of rotatable bonds is 5. The van der Waals surface area contributed by atoms with E-state index in [4.69, 9.17) is 21.4 Å². The molecule has 2 aromatic carbocycles. The fourth-order valence-corrected chi connectivity index (χ4v) is 4.22. The number of nitro benzene ring substituents is 1. The first kappa shape index (κ1) is 19.9. The molecule has 30 heavy (non-hydrogen) atoms. The topological polar surface area (TPSA) is 85.8 Å². The molecule has 0 radical (unpaired) electrons. The van der Waals surface area contributed by atoms with Crippen LogP contribution in [0.1, 0.15) is 5.76 Å². The van der Waals surface area contributed by atoms with E-state index < -0.39 is 4.92 Å². The molecule has 0 aliphatic carbocycles. The minimum atomic E-state index is -0.457. The van der Waals surface area contributed by atoms with E-state index in [9.17, 15) is 14.9 Å². The van der Waals surface area contributed by atoms with Gasteiger partial charge >= 0.3 is 0 Å². The number of nitro groups is 1. The summed E-state index contributed by atoms with van der Waals surface area (Å²) < 4.78 is 11.5. The minimum Gasteiger partial charge on any atom is -0.495 e. The molecule has 3 aromatic rings. The van der Waals surface area contributed by atoms with Gasteiger partial charge in [-0.3, -0.25) is 19.8 Å². The Hall–Kier alpha value is -3.43. The van der Waals surface area contributed by atoms with Gasteiger partial charge in [0.25, 0.3) is 11.6 Å². The number of hydrogen-bond donors (Lipinski definition) is 0. The van der Waals surface area contributed by atoms with Crippen LogP contribution in [-0.4, -0.2) is 22.3 Å². The average Bonchev–Trinajstić information content (AvgIpc) is 3.32. The molecule has 1 amide bonds. The maximum Gasteiger partial charge on any atom is 0.271 e. The Morgan fingerprint density at radius 1 is 1.13 bits per heavy atom. The maximum absolute atomic E-state index is 13.0. The predicted octanol–water partition coefficient (Wildman–Crippen LogP) is 5.27. The number of para-hydroxylation sites is 2. The molecule has 0 N–H and O–H groups in total. The highest BCUT2D eigenvalue weighted by Gasteiger charge is 2.35. The standard InChI is InChI=1S/C21H14N2O5S2/c1-27-18-5-3-2-4-16(18)22-20(24)19(30-21(22)29)12-15-10-11-17(28-15)13-6-8-14(9-7-13)23(25)26/h2-12H,1H3/b19-12+. The van der Waals surface area contributed by atoms with Crippen molar-refractivity contribution in [1.82, 2.24) is 0 Å². The van der Waals surface area contributed by atoms with E-state index in [1.54, 1.807) is 42.5 Å². The highest BCUT2D eigenvalue weighted by Crippen LogP contribution is 2.40. The Bertz CT molecular complexity index is 1180. The molecule has 1 aliphatic rings. The summed E-state index contributed by atoms with van der Waals surface area (Å²) in [5.74, 6) is 1.30. The largest absolute Gasteiger partial charge is 0.495 e. The summed E-state index contributed by atoms with van der Waals surface area (Å²) in [6, 6.07) is 16.7. The Morgan fingerprint density at radius 3 is 2.57 bits per heavy atom. The number of methoxy groups -OCH3 is 1. The van der Waals surface area contributed by atoms with Crippen molar-refractivity contribution >= 4 is 51.7 Å². The third-order valence-corrected chi connectivity index (χ3v) is 5.68. The van der Waals surface area contributed by atoms with Gasteiger partial charge in [-0.15, -0.1) is 0 Å². The van der Waals surface area contributed by atoms with Crippen LogP contribution in [0.4, 0.5) is 11.4 Å². The van der Waals surface area contributed by atoms with Crippen molar-refractivity contribution in [1.29, 1.82) is 0 Å². The second-order valence-corrected chi connectivity index (χ2v) is 7.87. The number of ether oxygens (including phenoxy) is 1. The molecule has 0 bridgehead atoms. The minimum absolute atomic E-state index is 0.00513. The van der Waals surface area contributed by atoms with Crippen molar-refractivity contribution in [2.24, 2.45) is 0 Å². The zero-order chi connectivity index (χ0) is 21.3. The van der Waals surface area contributed by atoms with Crippen molar-refractivity contribution in [2.75, 3.05) is 12.0 Å². The molecular weight excluding hydrogens is 424 g/mol. The van der Waals surface area contributed by atoms with Crippen LogP contribution in [0.25, 0.3) is 17.4 Å². The first-order valence-corrected chi connectivity index (χ1v) is 9.96. The Balaban J connectivity index is 1.59. The Labute approximate surface area is 181 Å². The summed E-state index contributed by atoms with van der Waals surface area (Å²) in [5, 5.41) is 10.8. The van der Waals surface area contributed by atoms with E-state index in [2.05, 4.69) is 0 Å². The summed E-state index contributed by atoms with van der Waals surface area (Å²) in [6.45, 7) is 0. The number of benzene rings is 2. The second-order valence-electron chi connectivity index (χ2n) is 6.19. The van der Waals surface area contributed by atoms with Crippen LogP contribution in [-0.2, 0) is 4.79 Å². The van der Waals surface area contributed by atoms with Gasteiger partial charge < -0.3 is 9.15 Å². The van der Waals surface area contributed by atoms with Crippen molar-refractivity contribution in [3.8, 4) is 17.1 Å². The molecule has 4 rings (SSSR count). The molecule has 1 aliphatic heterocycles. The van der Waals surface area contributed by atoms with Crippen LogP contribution in [0.5, 0.6) is 5.75 Å². The van der Waals surface area contributed by atoms with Gasteiger partial charge in [0.05, 0.1) is 22.6 Å². The summed E-state index contributed by atoms with van der Waals surface area (Å²) in [5.41, 5.74) is 1.28. The highest BCUT2D eigenvalue weighted by molar-refractivity contribution is 8.27. The number of hydrogen-bond acceptors (Lipinski definition) is 7. The maximum atomic E-state index is 13.0. The normalized spacial score (nSPS) is 15.1. The number of thioether (sulfide) groups is 1. The predicted molar refractivity (Wildman–Crippen MR) is 119 cm³/mol. The van der Waals surface area contributed by atoms with Gasteiger partial charge in [0, 0.05) is 23.8 Å². The van der Waals surface area contributed by atoms with Gasteiger partial charge in [0.2, 0.25) is 0 Å². The number of amides is 1. The number of carbonyl (C=O) groups is 1. The number of non-ortho nitro benzene ring substituents is 1. The molecule has 0 saturated carbocycles. The van der Waals surface area contributed by atoms with Crippen LogP contribution >= 0.6 is 24.0 Å². The van der Waals surface area contributed by atoms with E-state index in [0.717, 1.165) is 0 Å². The molecule has 0 spiro atoms. The summed E-state index contributed by atoms with van der Waals surface area (Å²) in [6.07, 6.45) is 1.63. The molecule has 1 aromatic heterocycles. The van der Waals surface area contributed by atoms with Crippen LogP contribution in [0.3, 0.4) is 0 Å². The SMILES string of the molecule is COc1ccccc1N1C(=O)/C(=C\c2ccc(-c3ccc([N+](=O)[O-])cc3)o2)SC1=S. The van der Waals surface area contributed by atoms with Gasteiger partial charge in [0.1, 0.15) is 17.3 Å². The molecule has 7 nitrogen and oxygen atoms in total. The first-order chi connectivity index (χ1) is 14.5. The Kier molecular flexibility index (Phi) is 5.39. The summed E-state index contributed by atoms with van der Waals surface area (Å²) in [7, 11) is 1.54. The Morgan fingerprint density at radius 2 is 1.87 bits per heavy atom. The zero-order valence-electron chi connectivity index (χ0n) is 15.6. The van der Waals surface area contributed by atoms with Gasteiger partial charge in [0.15, 0.2) is 4.32 Å². The van der Waals surface area contributed by atoms with Crippen molar-refractivity contribution < 1.29 is 18.9 Å². The number of furan rings is 1. The quantitative estimate of drug-likeness (QED) is 0.232. The molecule has 0 unspecified atom stereocenters. The first-order valence-electron chi connectivity index (χ1n) is 8.73. The van der Waals surface area contributed by atoms with Crippen molar-refractivity contribution in [3.63, 3.8) is 0 Å². The zero-order valence-corrected chi connectivity index (χ0v) is 17.2. The fourth-order valence-electron chi connectivity index (χ4n) is 2.95. The monoisotopic (exact) mass is 438 g/mol. The molecule has 2 heterocycles. The number of thiocarbonyl (C=S) groups is 1. The second kappa shape index (κ2) is 8.13. The number of anilines is 1. The number of nitrogens with zero attached hydrogens (tertiary/aromatic N) is 2. The van der Waals surface area contributed by atoms with Gasteiger partial charge in [-0.05, 0) is 36.4 Å². The smallest absolute Gasteiger partial charge is 0.271 e. The van der Waals surface area contributed by atoms with Gasteiger partial charge in [-0.1, -0.05) is 36.1 Å². The lowest BCUT2D eigenvalue weighted by molar-refractivity contribution is -0.384. The third-order valence-electron chi connectivity index (χ3n) is 4.38. The van der Waals surface area contributed by atoms with Crippen LogP contribution in [0.15, 0.2) is 70.0 Å². The van der Waals surface area contributed by atoms with Crippen LogP contribution in [0, 0.1) is 10.1 Å². The average molecular weight is 438 g/mol. The van der Waals surface area contributed by atoms with E-state index in [0.29, 0.717) is 37.7 Å².